The molecule has 17 rings (SSSR count). The minimum Gasteiger partial charge on any atom is -0.337 e. The van der Waals surface area contributed by atoms with Crippen LogP contribution in [0.25, 0.3) is 64.0 Å². The fourth-order valence-corrected chi connectivity index (χ4v) is 19.4. The molecule has 3 heterocycles. The van der Waals surface area contributed by atoms with Crippen LogP contribution in [0.3, 0.4) is 0 Å². The molecule has 350 valence electrons. The van der Waals surface area contributed by atoms with E-state index in [0.717, 1.165) is 19.3 Å². The van der Waals surface area contributed by atoms with E-state index in [9.17, 15) is 0 Å². The predicted octanol–water partition coefficient (Wildman–Crippen LogP) is 19.0. The minimum absolute atomic E-state index is 0.179. The predicted molar refractivity (Wildman–Crippen MR) is 313 cm³/mol. The van der Waals surface area contributed by atoms with Crippen molar-refractivity contribution in [3.05, 3.63) is 269 Å². The van der Waals surface area contributed by atoms with Crippen LogP contribution in [0, 0.1) is 5.92 Å². The van der Waals surface area contributed by atoms with Crippen LogP contribution in [-0.2, 0) is 10.8 Å². The molecule has 2 aliphatic heterocycles. The normalized spacial score (nSPS) is 20.2. The Bertz CT molecular complexity index is 4330. The Balaban J connectivity index is 0.962. The van der Waals surface area contributed by atoms with Gasteiger partial charge < -0.3 is 4.90 Å². The average molecular weight is 998 g/mol. The van der Waals surface area contributed by atoms with E-state index >= 15 is 0 Å². The van der Waals surface area contributed by atoms with Gasteiger partial charge in [0, 0.05) is 57.4 Å². The quantitative estimate of drug-likeness (QED) is 0.174. The van der Waals surface area contributed by atoms with Crippen molar-refractivity contribution in [1.82, 2.24) is 0 Å². The lowest BCUT2D eigenvalue weighted by Gasteiger charge is -2.54. The summed E-state index contributed by atoms with van der Waals surface area (Å²) in [6, 6.07) is 89.5. The molecule has 1 saturated carbocycles. The molecule has 5 aliphatic rings. The zero-order valence-electron chi connectivity index (χ0n) is 40.5. The van der Waals surface area contributed by atoms with E-state index in [2.05, 4.69) is 247 Å². The summed E-state index contributed by atoms with van der Waals surface area (Å²) in [5.74, 6) is 0.313. The van der Waals surface area contributed by atoms with E-state index in [1.807, 2.05) is 23.1 Å². The molecular formula is C70H47NS3. The molecule has 3 aliphatic carbocycles. The van der Waals surface area contributed by atoms with Crippen molar-refractivity contribution in [3.8, 4) is 22.3 Å². The van der Waals surface area contributed by atoms with Crippen molar-refractivity contribution in [2.45, 2.75) is 56.1 Å². The van der Waals surface area contributed by atoms with E-state index in [0.29, 0.717) is 11.2 Å². The van der Waals surface area contributed by atoms with Crippen LogP contribution in [0.1, 0.15) is 58.2 Å². The van der Waals surface area contributed by atoms with E-state index < -0.39 is 5.41 Å². The molecule has 11 aromatic carbocycles. The topological polar surface area (TPSA) is 3.24 Å². The number of thioether (sulfide) groups is 1. The molecule has 1 nitrogen and oxygen atoms in total. The molecule has 4 unspecified atom stereocenters. The highest BCUT2D eigenvalue weighted by atomic mass is 32.2. The molecule has 74 heavy (non-hydrogen) atoms. The standard InChI is InChI=1S/C70H47NS3/c1-3-19-45-42(17-1)35-38-55-65(45)49-23-7-11-27-53(49)70(55)54-28-12-14-32-61(54)73-64-34-16-30-59(67(64)70)71(58-29-15-33-63-66(58)50-24-8-13-31-60(50)72-63)44-37-40-62-57(41-44)69(56-39-36-43-18-2-4-20-46(43)68(56)74-62)51-25-9-5-21-47(51)48-22-6-10-26-52(48)69/h1-36,38-39,44,57,62H,37,40-41H2. The van der Waals surface area contributed by atoms with Crippen molar-refractivity contribution >= 4 is 88.0 Å². The first-order chi connectivity index (χ1) is 36.7. The van der Waals surface area contributed by atoms with Gasteiger partial charge in [-0.25, -0.2) is 0 Å². The Morgan fingerprint density at radius 1 is 0.419 bits per heavy atom. The largest absolute Gasteiger partial charge is 0.337 e. The number of nitrogens with zero attached hydrogens (tertiary/aromatic N) is 1. The SMILES string of the molecule is c1ccc2c(c1)Sc1cccc(N(c3cccc4sc5ccccc5c34)C3CCC4Sc5c(ccc6ccccc56)C5(c6ccccc6-c6ccccc65)C4C3)c1C21c2ccccc2-c2c1ccc1ccccc21. The molecule has 0 amide bonds. The second-order valence-electron chi connectivity index (χ2n) is 21.2. The van der Waals surface area contributed by atoms with Crippen molar-refractivity contribution in [2.75, 3.05) is 4.90 Å². The molecule has 4 atom stereocenters. The van der Waals surface area contributed by atoms with Crippen molar-refractivity contribution in [2.24, 2.45) is 5.92 Å². The number of hydrogen-bond donors (Lipinski definition) is 0. The van der Waals surface area contributed by atoms with Gasteiger partial charge >= 0.3 is 0 Å². The molecular weight excluding hydrogens is 951 g/mol. The first-order valence-corrected chi connectivity index (χ1v) is 28.8. The highest BCUT2D eigenvalue weighted by Gasteiger charge is 2.59. The van der Waals surface area contributed by atoms with Gasteiger partial charge in [0.15, 0.2) is 0 Å². The summed E-state index contributed by atoms with van der Waals surface area (Å²) in [6.45, 7) is 0. The third-order valence-corrected chi connectivity index (χ3v) is 21.8. The highest BCUT2D eigenvalue weighted by Crippen LogP contribution is 2.69. The Hall–Kier alpha value is -7.34. The van der Waals surface area contributed by atoms with Crippen molar-refractivity contribution in [1.29, 1.82) is 0 Å². The van der Waals surface area contributed by atoms with Crippen LogP contribution in [0.15, 0.2) is 245 Å². The maximum atomic E-state index is 2.93. The monoisotopic (exact) mass is 997 g/mol. The summed E-state index contributed by atoms with van der Waals surface area (Å²) in [4.78, 5) is 7.07. The number of hydrogen-bond acceptors (Lipinski definition) is 4. The number of anilines is 2. The Labute approximate surface area is 443 Å². The first kappa shape index (κ1) is 42.1. The Morgan fingerprint density at radius 3 is 1.82 bits per heavy atom. The fraction of sp³-hybridized carbons (Fsp3) is 0.114. The summed E-state index contributed by atoms with van der Waals surface area (Å²) >= 11 is 6.08. The summed E-state index contributed by atoms with van der Waals surface area (Å²) in [5, 5.41) is 8.44. The summed E-state index contributed by atoms with van der Waals surface area (Å²) in [7, 11) is 0. The number of fused-ring (bicyclic) bond motifs is 25. The van der Waals surface area contributed by atoms with Crippen LogP contribution in [0.2, 0.25) is 0 Å². The zero-order chi connectivity index (χ0) is 48.3. The Kier molecular flexibility index (Phi) is 8.87. The van der Waals surface area contributed by atoms with E-state index in [4.69, 9.17) is 0 Å². The van der Waals surface area contributed by atoms with Crippen LogP contribution in [0.5, 0.6) is 0 Å². The maximum absolute atomic E-state index is 2.93. The molecule has 4 heteroatoms. The van der Waals surface area contributed by atoms with Gasteiger partial charge in [-0.3, -0.25) is 0 Å². The second-order valence-corrected chi connectivity index (χ2v) is 24.6. The lowest BCUT2D eigenvalue weighted by atomic mass is 9.58. The first-order valence-electron chi connectivity index (χ1n) is 26.3. The molecule has 0 N–H and O–H groups in total. The van der Waals surface area contributed by atoms with Crippen LogP contribution in [-0.4, -0.2) is 11.3 Å². The zero-order valence-corrected chi connectivity index (χ0v) is 42.9. The Morgan fingerprint density at radius 2 is 1.01 bits per heavy atom. The molecule has 0 saturated heterocycles. The van der Waals surface area contributed by atoms with Gasteiger partial charge in [-0.15, -0.1) is 23.1 Å². The molecule has 1 fully saturated rings. The van der Waals surface area contributed by atoms with Crippen molar-refractivity contribution in [3.63, 3.8) is 0 Å². The molecule has 0 bridgehead atoms. The van der Waals surface area contributed by atoms with Gasteiger partial charge in [0.2, 0.25) is 0 Å². The van der Waals surface area contributed by atoms with Gasteiger partial charge in [-0.1, -0.05) is 206 Å². The van der Waals surface area contributed by atoms with Gasteiger partial charge in [-0.2, -0.15) is 0 Å². The molecule has 2 spiro atoms. The minimum atomic E-state index is -0.574. The third kappa shape index (κ3) is 5.38. The van der Waals surface area contributed by atoms with E-state index in [-0.39, 0.29) is 11.5 Å². The molecule has 0 radical (unpaired) electrons. The van der Waals surface area contributed by atoms with Gasteiger partial charge in [-0.05, 0) is 139 Å². The fourth-order valence-electron chi connectivity index (χ4n) is 15.3. The number of rotatable bonds is 3. The van der Waals surface area contributed by atoms with E-state index in [1.165, 1.54) is 129 Å². The summed E-state index contributed by atoms with van der Waals surface area (Å²) in [6.07, 6.45) is 3.22. The van der Waals surface area contributed by atoms with Crippen LogP contribution >= 0.6 is 34.9 Å². The maximum Gasteiger partial charge on any atom is 0.0756 e. The second kappa shape index (κ2) is 15.6. The molecule has 1 aromatic heterocycles. The number of thiophene rings is 1. The highest BCUT2D eigenvalue weighted by molar-refractivity contribution is 8.00. The van der Waals surface area contributed by atoms with Crippen LogP contribution in [0.4, 0.5) is 11.4 Å². The van der Waals surface area contributed by atoms with Gasteiger partial charge in [0.05, 0.1) is 16.5 Å². The lowest BCUT2D eigenvalue weighted by Crippen LogP contribution is -2.51. The van der Waals surface area contributed by atoms with Gasteiger partial charge in [0.1, 0.15) is 0 Å². The lowest BCUT2D eigenvalue weighted by molar-refractivity contribution is 0.253. The third-order valence-electron chi connectivity index (χ3n) is 18.0. The summed E-state index contributed by atoms with van der Waals surface area (Å²) < 4.78 is 2.68. The van der Waals surface area contributed by atoms with Gasteiger partial charge in [0.25, 0.3) is 0 Å². The molecule has 12 aromatic rings. The smallest absolute Gasteiger partial charge is 0.0756 e. The summed E-state index contributed by atoms with van der Waals surface area (Å²) in [5.41, 5.74) is 17.2. The number of benzene rings is 11. The average Bonchev–Trinajstić information content (AvgIpc) is 4.10. The van der Waals surface area contributed by atoms with Crippen LogP contribution < -0.4 is 4.90 Å². The van der Waals surface area contributed by atoms with E-state index in [1.54, 1.807) is 0 Å². The van der Waals surface area contributed by atoms with Crippen molar-refractivity contribution < 1.29 is 0 Å².